The average molecular weight is 288 g/mol. The van der Waals surface area contributed by atoms with Gasteiger partial charge in [0.25, 0.3) is 0 Å². The zero-order valence-corrected chi connectivity index (χ0v) is 13.7. The zero-order chi connectivity index (χ0) is 15.4. The number of ketones is 1. The first-order valence-corrected chi connectivity index (χ1v) is 8.50. The van der Waals surface area contributed by atoms with Crippen LogP contribution in [0, 0.1) is 29.1 Å². The molecule has 0 aromatic carbocycles. The summed E-state index contributed by atoms with van der Waals surface area (Å²) in [6.45, 7) is 8.55. The molecular weight excluding hydrogens is 260 g/mol. The molecular formula is C19H28O2. The van der Waals surface area contributed by atoms with Crippen LogP contribution in [-0.2, 0) is 4.79 Å². The Bertz CT molecular complexity index is 514. The van der Waals surface area contributed by atoms with Crippen LogP contribution >= 0.6 is 0 Å². The highest BCUT2D eigenvalue weighted by Crippen LogP contribution is 2.57. The van der Waals surface area contributed by atoms with E-state index >= 15 is 0 Å². The van der Waals surface area contributed by atoms with Crippen molar-refractivity contribution in [3.8, 4) is 0 Å². The van der Waals surface area contributed by atoms with E-state index in [2.05, 4.69) is 19.9 Å². The minimum absolute atomic E-state index is 0.0378. The fourth-order valence-electron chi connectivity index (χ4n) is 5.19. The van der Waals surface area contributed by atoms with Crippen LogP contribution in [0.4, 0.5) is 0 Å². The van der Waals surface area contributed by atoms with Gasteiger partial charge in [-0.15, -0.1) is 0 Å². The molecule has 0 spiro atoms. The van der Waals surface area contributed by atoms with Crippen LogP contribution in [0.25, 0.3) is 0 Å². The van der Waals surface area contributed by atoms with Gasteiger partial charge >= 0.3 is 0 Å². The van der Waals surface area contributed by atoms with E-state index in [0.717, 1.165) is 18.4 Å². The molecule has 0 aliphatic heterocycles. The largest absolute Gasteiger partial charge is 0.388 e. The third kappa shape index (κ3) is 2.06. The minimum atomic E-state index is -0.494. The van der Waals surface area contributed by atoms with Crippen molar-refractivity contribution in [3.05, 3.63) is 23.3 Å². The van der Waals surface area contributed by atoms with Crippen molar-refractivity contribution in [2.45, 2.75) is 59.5 Å². The molecule has 0 bridgehead atoms. The lowest BCUT2D eigenvalue weighted by molar-refractivity contribution is -0.134. The summed E-state index contributed by atoms with van der Waals surface area (Å²) < 4.78 is 0. The van der Waals surface area contributed by atoms with Gasteiger partial charge in [0, 0.05) is 11.3 Å². The standard InChI is InChI=1S/C19H28O2/c1-11(2)14-10-16(20)19(4)15(18(14)21)9-8-13-7-5-6-12(3)17(13)19/h8,10-12,15-17,20H,5-7,9H2,1-4H3/t12-,15+,16-,17+,19+/m1/s1. The molecule has 0 heterocycles. The number of Topliss-reactive ketones (excluding diaryl/α,β-unsaturated/α-hetero) is 1. The lowest BCUT2D eigenvalue weighted by atomic mass is 9.49. The molecule has 5 atom stereocenters. The van der Waals surface area contributed by atoms with Crippen molar-refractivity contribution in [3.63, 3.8) is 0 Å². The number of hydrogen-bond acceptors (Lipinski definition) is 2. The maximum atomic E-state index is 12.9. The fourth-order valence-corrected chi connectivity index (χ4v) is 5.19. The first kappa shape index (κ1) is 15.0. The van der Waals surface area contributed by atoms with Crippen LogP contribution < -0.4 is 0 Å². The van der Waals surface area contributed by atoms with Crippen molar-refractivity contribution in [2.75, 3.05) is 0 Å². The second-order valence-electron chi connectivity index (χ2n) is 7.87. The smallest absolute Gasteiger partial charge is 0.162 e. The number of carbonyl (C=O) groups excluding carboxylic acids is 1. The van der Waals surface area contributed by atoms with Gasteiger partial charge in [0.15, 0.2) is 5.78 Å². The Morgan fingerprint density at radius 1 is 1.38 bits per heavy atom. The molecule has 0 unspecified atom stereocenters. The number of hydrogen-bond donors (Lipinski definition) is 1. The molecule has 3 rings (SSSR count). The maximum Gasteiger partial charge on any atom is 0.162 e. The van der Waals surface area contributed by atoms with Gasteiger partial charge in [-0.3, -0.25) is 4.79 Å². The number of allylic oxidation sites excluding steroid dienone is 3. The average Bonchev–Trinajstić information content (AvgIpc) is 2.42. The van der Waals surface area contributed by atoms with E-state index in [1.165, 1.54) is 18.4 Å². The molecule has 116 valence electrons. The monoisotopic (exact) mass is 288 g/mol. The Hall–Kier alpha value is -0.890. The number of carbonyl (C=O) groups is 1. The summed E-state index contributed by atoms with van der Waals surface area (Å²) in [6, 6.07) is 0. The van der Waals surface area contributed by atoms with Gasteiger partial charge in [0.2, 0.25) is 0 Å². The number of aliphatic hydroxyl groups is 1. The van der Waals surface area contributed by atoms with E-state index < -0.39 is 6.10 Å². The Kier molecular flexibility index (Phi) is 3.64. The maximum absolute atomic E-state index is 12.9. The lowest BCUT2D eigenvalue weighted by Crippen LogP contribution is -2.55. The topological polar surface area (TPSA) is 37.3 Å². The van der Waals surface area contributed by atoms with E-state index in [1.807, 2.05) is 19.9 Å². The summed E-state index contributed by atoms with van der Waals surface area (Å²) in [5.74, 6) is 1.38. The van der Waals surface area contributed by atoms with Crippen LogP contribution in [0.3, 0.4) is 0 Å². The molecule has 3 aliphatic rings. The van der Waals surface area contributed by atoms with E-state index in [1.54, 1.807) is 0 Å². The zero-order valence-electron chi connectivity index (χ0n) is 13.7. The molecule has 1 saturated carbocycles. The van der Waals surface area contributed by atoms with Gasteiger partial charge in [-0.1, -0.05) is 39.3 Å². The first-order valence-electron chi connectivity index (χ1n) is 8.50. The highest BCUT2D eigenvalue weighted by Gasteiger charge is 2.56. The first-order chi connectivity index (χ1) is 9.87. The SMILES string of the molecule is CC(C)C1=C[C@@H](O)[C@@]2(C)[C@@H]3C(=CC[C@H]2C1=O)CCC[C@H]3C. The van der Waals surface area contributed by atoms with Gasteiger partial charge in [0.1, 0.15) is 0 Å². The molecule has 0 radical (unpaired) electrons. The minimum Gasteiger partial charge on any atom is -0.388 e. The van der Waals surface area contributed by atoms with E-state index in [0.29, 0.717) is 11.8 Å². The van der Waals surface area contributed by atoms with Crippen molar-refractivity contribution in [2.24, 2.45) is 29.1 Å². The molecule has 3 aliphatic carbocycles. The van der Waals surface area contributed by atoms with Crippen LogP contribution in [0.5, 0.6) is 0 Å². The predicted molar refractivity (Wildman–Crippen MR) is 84.7 cm³/mol. The van der Waals surface area contributed by atoms with Crippen molar-refractivity contribution in [1.29, 1.82) is 0 Å². The Morgan fingerprint density at radius 3 is 2.76 bits per heavy atom. The van der Waals surface area contributed by atoms with E-state index in [4.69, 9.17) is 0 Å². The van der Waals surface area contributed by atoms with Crippen LogP contribution in [0.2, 0.25) is 0 Å². The summed E-state index contributed by atoms with van der Waals surface area (Å²) in [4.78, 5) is 12.9. The van der Waals surface area contributed by atoms with E-state index in [-0.39, 0.29) is 23.0 Å². The molecule has 0 aromatic rings. The van der Waals surface area contributed by atoms with Gasteiger partial charge < -0.3 is 5.11 Å². The highest BCUT2D eigenvalue weighted by molar-refractivity contribution is 5.99. The summed E-state index contributed by atoms with van der Waals surface area (Å²) in [6.07, 6.45) is 8.13. The lowest BCUT2D eigenvalue weighted by Gasteiger charge is -2.55. The molecule has 2 heteroatoms. The second kappa shape index (κ2) is 5.08. The summed E-state index contributed by atoms with van der Waals surface area (Å²) in [5, 5.41) is 10.9. The van der Waals surface area contributed by atoms with Gasteiger partial charge in [0.05, 0.1) is 6.10 Å². The van der Waals surface area contributed by atoms with Crippen LogP contribution in [0.1, 0.15) is 53.4 Å². The second-order valence-corrected chi connectivity index (χ2v) is 7.87. The Balaban J connectivity index is 2.07. The third-order valence-corrected chi connectivity index (χ3v) is 6.33. The van der Waals surface area contributed by atoms with Gasteiger partial charge in [-0.05, 0) is 55.1 Å². The highest BCUT2D eigenvalue weighted by atomic mass is 16.3. The van der Waals surface area contributed by atoms with Crippen LogP contribution in [-0.4, -0.2) is 17.0 Å². The number of rotatable bonds is 1. The third-order valence-electron chi connectivity index (χ3n) is 6.33. The van der Waals surface area contributed by atoms with Gasteiger partial charge in [-0.2, -0.15) is 0 Å². The molecule has 0 amide bonds. The molecule has 1 fully saturated rings. The Morgan fingerprint density at radius 2 is 2.10 bits per heavy atom. The molecule has 21 heavy (non-hydrogen) atoms. The van der Waals surface area contributed by atoms with Gasteiger partial charge in [-0.25, -0.2) is 0 Å². The molecule has 0 aromatic heterocycles. The summed E-state index contributed by atoms with van der Waals surface area (Å²) >= 11 is 0. The molecule has 0 saturated heterocycles. The quantitative estimate of drug-likeness (QED) is 0.743. The van der Waals surface area contributed by atoms with Crippen molar-refractivity contribution in [1.82, 2.24) is 0 Å². The van der Waals surface area contributed by atoms with Crippen molar-refractivity contribution >= 4 is 5.78 Å². The summed E-state index contributed by atoms with van der Waals surface area (Å²) in [7, 11) is 0. The Labute approximate surface area is 128 Å². The number of fused-ring (bicyclic) bond motifs is 3. The molecule has 1 N–H and O–H groups in total. The van der Waals surface area contributed by atoms with Crippen LogP contribution in [0.15, 0.2) is 23.3 Å². The van der Waals surface area contributed by atoms with E-state index in [9.17, 15) is 9.90 Å². The number of aliphatic hydroxyl groups excluding tert-OH is 1. The van der Waals surface area contributed by atoms with Crippen molar-refractivity contribution < 1.29 is 9.90 Å². The molecule has 2 nitrogen and oxygen atoms in total. The predicted octanol–water partition coefficient (Wildman–Crippen LogP) is 3.90. The normalized spacial score (nSPS) is 43.0. The summed E-state index contributed by atoms with van der Waals surface area (Å²) in [5.41, 5.74) is 2.03. The fraction of sp³-hybridized carbons (Fsp3) is 0.737.